The molecule has 1 rings (SSSR count). The topological polar surface area (TPSA) is 92.4 Å². The second kappa shape index (κ2) is 6.06. The van der Waals surface area contributed by atoms with Gasteiger partial charge in [-0.2, -0.15) is 0 Å². The van der Waals surface area contributed by atoms with Crippen LogP contribution in [0.5, 0.6) is 0 Å². The number of carbonyl (C=O) groups excluding carboxylic acids is 1. The molecule has 0 aliphatic carbocycles. The molecule has 0 saturated heterocycles. The lowest BCUT2D eigenvalue weighted by molar-refractivity contribution is -0.137. The van der Waals surface area contributed by atoms with Gasteiger partial charge in [-0.3, -0.25) is 9.59 Å². The van der Waals surface area contributed by atoms with Gasteiger partial charge in [0, 0.05) is 12.5 Å². The van der Waals surface area contributed by atoms with Crippen LogP contribution >= 0.6 is 0 Å². The molecule has 5 nitrogen and oxygen atoms in total. The molecule has 1 aromatic rings. The van der Waals surface area contributed by atoms with Crippen LogP contribution in [0.4, 0.5) is 14.5 Å². The number of hydrogen-bond donors (Lipinski definition) is 3. The Morgan fingerprint density at radius 1 is 1.39 bits per heavy atom. The van der Waals surface area contributed by atoms with Crippen molar-refractivity contribution in [2.45, 2.75) is 18.9 Å². The molecular weight excluding hydrogens is 246 g/mol. The second-order valence-corrected chi connectivity index (χ2v) is 3.65. The highest BCUT2D eigenvalue weighted by atomic mass is 19.1. The maximum atomic E-state index is 13.2. The van der Waals surface area contributed by atoms with Crippen LogP contribution in [0.25, 0.3) is 0 Å². The fourth-order valence-corrected chi connectivity index (χ4v) is 1.23. The summed E-state index contributed by atoms with van der Waals surface area (Å²) in [5.41, 5.74) is 5.08. The smallest absolute Gasteiger partial charge is 0.303 e. The first-order chi connectivity index (χ1) is 8.40. The van der Waals surface area contributed by atoms with Crippen molar-refractivity contribution in [3.05, 3.63) is 29.8 Å². The summed E-state index contributed by atoms with van der Waals surface area (Å²) in [7, 11) is 0. The quantitative estimate of drug-likeness (QED) is 0.737. The Hall–Kier alpha value is -2.02. The molecule has 1 aromatic carbocycles. The average molecular weight is 258 g/mol. The zero-order valence-electron chi connectivity index (χ0n) is 9.32. The Balaban J connectivity index is 2.63. The van der Waals surface area contributed by atoms with Crippen LogP contribution < -0.4 is 11.1 Å². The van der Waals surface area contributed by atoms with E-state index >= 15 is 0 Å². The number of nitrogens with one attached hydrogen (secondary N) is 1. The Morgan fingerprint density at radius 3 is 2.67 bits per heavy atom. The third-order valence-corrected chi connectivity index (χ3v) is 2.19. The lowest BCUT2D eigenvalue weighted by atomic mass is 10.1. The van der Waals surface area contributed by atoms with E-state index in [0.717, 1.165) is 18.2 Å². The van der Waals surface area contributed by atoms with Crippen molar-refractivity contribution in [3.8, 4) is 0 Å². The van der Waals surface area contributed by atoms with Crippen LogP contribution in [0.1, 0.15) is 12.8 Å². The van der Waals surface area contributed by atoms with Gasteiger partial charge in [-0.25, -0.2) is 8.78 Å². The Bertz CT molecular complexity index is 466. The number of anilines is 1. The van der Waals surface area contributed by atoms with Crippen LogP contribution in [0, 0.1) is 11.6 Å². The van der Waals surface area contributed by atoms with Gasteiger partial charge in [-0.1, -0.05) is 0 Å². The predicted octanol–water partition coefficient (Wildman–Crippen LogP) is 1.10. The summed E-state index contributed by atoms with van der Waals surface area (Å²) < 4.78 is 26.0. The number of nitrogens with two attached hydrogens (primary N) is 1. The SMILES string of the molecule is NC(CCC(=O)O)C(=O)Nc1cc(F)ccc1F. The highest BCUT2D eigenvalue weighted by Gasteiger charge is 2.16. The van der Waals surface area contributed by atoms with E-state index in [4.69, 9.17) is 10.8 Å². The van der Waals surface area contributed by atoms with Crippen molar-refractivity contribution in [2.75, 3.05) is 5.32 Å². The number of rotatable bonds is 5. The summed E-state index contributed by atoms with van der Waals surface area (Å²) in [5, 5.41) is 10.5. The summed E-state index contributed by atoms with van der Waals surface area (Å²) in [4.78, 5) is 21.8. The van der Waals surface area contributed by atoms with Gasteiger partial charge in [-0.05, 0) is 18.6 Å². The lowest BCUT2D eigenvalue weighted by Gasteiger charge is -2.11. The maximum Gasteiger partial charge on any atom is 0.303 e. The summed E-state index contributed by atoms with van der Waals surface area (Å²) in [5.74, 6) is -3.35. The van der Waals surface area contributed by atoms with Crippen molar-refractivity contribution < 1.29 is 23.5 Å². The Kier molecular flexibility index (Phi) is 4.73. The highest BCUT2D eigenvalue weighted by molar-refractivity contribution is 5.94. The number of hydrogen-bond acceptors (Lipinski definition) is 3. The van der Waals surface area contributed by atoms with Gasteiger partial charge < -0.3 is 16.2 Å². The lowest BCUT2D eigenvalue weighted by Crippen LogP contribution is -2.36. The van der Waals surface area contributed by atoms with Gasteiger partial charge in [0.05, 0.1) is 11.7 Å². The molecule has 0 fully saturated rings. The van der Waals surface area contributed by atoms with E-state index in [1.54, 1.807) is 0 Å². The molecule has 0 radical (unpaired) electrons. The molecule has 0 bridgehead atoms. The number of carboxylic acid groups (broad SMARTS) is 1. The molecule has 0 aromatic heterocycles. The first-order valence-corrected chi connectivity index (χ1v) is 5.13. The molecule has 0 saturated carbocycles. The van der Waals surface area contributed by atoms with E-state index in [9.17, 15) is 18.4 Å². The predicted molar refractivity (Wildman–Crippen MR) is 59.8 cm³/mol. The third kappa shape index (κ3) is 4.10. The highest BCUT2D eigenvalue weighted by Crippen LogP contribution is 2.15. The van der Waals surface area contributed by atoms with E-state index in [0.29, 0.717) is 0 Å². The first-order valence-electron chi connectivity index (χ1n) is 5.13. The van der Waals surface area contributed by atoms with Crippen molar-refractivity contribution in [2.24, 2.45) is 5.73 Å². The van der Waals surface area contributed by atoms with Gasteiger partial charge in [0.25, 0.3) is 0 Å². The van der Waals surface area contributed by atoms with Crippen LogP contribution in [0.2, 0.25) is 0 Å². The van der Waals surface area contributed by atoms with E-state index in [1.807, 2.05) is 0 Å². The fourth-order valence-electron chi connectivity index (χ4n) is 1.23. The zero-order chi connectivity index (χ0) is 13.7. The molecule has 1 atom stereocenters. The molecule has 0 aliphatic heterocycles. The average Bonchev–Trinajstić information content (AvgIpc) is 2.30. The molecule has 0 aliphatic rings. The zero-order valence-corrected chi connectivity index (χ0v) is 9.32. The molecule has 7 heteroatoms. The van der Waals surface area contributed by atoms with E-state index in [2.05, 4.69) is 5.32 Å². The summed E-state index contributed by atoms with van der Waals surface area (Å²) >= 11 is 0. The van der Waals surface area contributed by atoms with Crippen molar-refractivity contribution in [3.63, 3.8) is 0 Å². The van der Waals surface area contributed by atoms with Gasteiger partial charge in [0.1, 0.15) is 11.6 Å². The molecule has 4 N–H and O–H groups in total. The van der Waals surface area contributed by atoms with Gasteiger partial charge in [-0.15, -0.1) is 0 Å². The number of halogens is 2. The normalized spacial score (nSPS) is 11.9. The first kappa shape index (κ1) is 14.0. The minimum Gasteiger partial charge on any atom is -0.481 e. The minimum absolute atomic E-state index is 0.0852. The second-order valence-electron chi connectivity index (χ2n) is 3.65. The van der Waals surface area contributed by atoms with Crippen LogP contribution in [-0.2, 0) is 9.59 Å². The van der Waals surface area contributed by atoms with Gasteiger partial charge >= 0.3 is 5.97 Å². The van der Waals surface area contributed by atoms with Crippen LogP contribution in [0.3, 0.4) is 0 Å². The van der Waals surface area contributed by atoms with E-state index < -0.39 is 29.6 Å². The molecule has 0 spiro atoms. The number of benzene rings is 1. The minimum atomic E-state index is -1.09. The summed E-state index contributed by atoms with van der Waals surface area (Å²) in [6, 6.07) is 1.50. The molecule has 1 unspecified atom stereocenters. The molecule has 18 heavy (non-hydrogen) atoms. The fraction of sp³-hybridized carbons (Fsp3) is 0.273. The molecule has 98 valence electrons. The van der Waals surface area contributed by atoms with Crippen molar-refractivity contribution >= 4 is 17.6 Å². The number of amides is 1. The number of aliphatic carboxylic acids is 1. The van der Waals surface area contributed by atoms with Crippen LogP contribution in [0.15, 0.2) is 18.2 Å². The Labute approximate surface area is 102 Å². The Morgan fingerprint density at radius 2 is 2.06 bits per heavy atom. The van der Waals surface area contributed by atoms with E-state index in [1.165, 1.54) is 0 Å². The maximum absolute atomic E-state index is 13.2. The summed E-state index contributed by atoms with van der Waals surface area (Å²) in [6.07, 6.45) is -0.363. The van der Waals surface area contributed by atoms with Crippen LogP contribution in [-0.4, -0.2) is 23.0 Å². The third-order valence-electron chi connectivity index (χ3n) is 2.19. The number of carbonyl (C=O) groups is 2. The van der Waals surface area contributed by atoms with E-state index in [-0.39, 0.29) is 18.5 Å². The van der Waals surface area contributed by atoms with Gasteiger partial charge in [0.2, 0.25) is 5.91 Å². The van der Waals surface area contributed by atoms with Gasteiger partial charge in [0.15, 0.2) is 0 Å². The van der Waals surface area contributed by atoms with Crippen molar-refractivity contribution in [1.29, 1.82) is 0 Å². The molecule has 1 amide bonds. The van der Waals surface area contributed by atoms with Crippen molar-refractivity contribution in [1.82, 2.24) is 0 Å². The summed E-state index contributed by atoms with van der Waals surface area (Å²) in [6.45, 7) is 0. The largest absolute Gasteiger partial charge is 0.481 e. The number of carboxylic acids is 1. The standard InChI is InChI=1S/C11H12F2N2O3/c12-6-1-2-7(13)9(5-6)15-11(18)8(14)3-4-10(16)17/h1-2,5,8H,3-4,14H2,(H,15,18)(H,16,17). The molecule has 0 heterocycles. The monoisotopic (exact) mass is 258 g/mol. The molecular formula is C11H12F2N2O3.